The van der Waals surface area contributed by atoms with E-state index >= 15 is 0 Å². The Bertz CT molecular complexity index is 411. The molecule has 4 heteroatoms. The predicted molar refractivity (Wildman–Crippen MR) is 65.8 cm³/mol. The summed E-state index contributed by atoms with van der Waals surface area (Å²) in [7, 11) is 3.16. The van der Waals surface area contributed by atoms with E-state index in [4.69, 9.17) is 9.47 Å². The van der Waals surface area contributed by atoms with Gasteiger partial charge in [-0.15, -0.1) is 0 Å². The number of hydrogen-bond donors (Lipinski definition) is 2. The van der Waals surface area contributed by atoms with Gasteiger partial charge in [0.15, 0.2) is 11.5 Å². The van der Waals surface area contributed by atoms with Crippen LogP contribution in [0.5, 0.6) is 17.2 Å². The minimum atomic E-state index is -0.177. The molecule has 2 rings (SSSR count). The van der Waals surface area contributed by atoms with Crippen molar-refractivity contribution in [3.8, 4) is 17.2 Å². The Kier molecular flexibility index (Phi) is 3.15. The van der Waals surface area contributed by atoms with Gasteiger partial charge in [0.1, 0.15) is 5.75 Å². The van der Waals surface area contributed by atoms with Crippen molar-refractivity contribution < 1.29 is 14.6 Å². The van der Waals surface area contributed by atoms with Gasteiger partial charge in [0.2, 0.25) is 0 Å². The Labute approximate surface area is 102 Å². The van der Waals surface area contributed by atoms with Crippen molar-refractivity contribution in [2.75, 3.05) is 20.8 Å². The molecule has 1 atom stereocenters. The fourth-order valence-corrected chi connectivity index (χ4v) is 2.43. The number of rotatable bonds is 3. The summed E-state index contributed by atoms with van der Waals surface area (Å²) in [5.74, 6) is 1.45. The molecule has 1 heterocycles. The van der Waals surface area contributed by atoms with Crippen LogP contribution in [0.3, 0.4) is 0 Å². The average Bonchev–Trinajstić information content (AvgIpc) is 2.76. The molecule has 4 nitrogen and oxygen atoms in total. The zero-order valence-electron chi connectivity index (χ0n) is 10.5. The third-order valence-electron chi connectivity index (χ3n) is 3.47. The van der Waals surface area contributed by atoms with Crippen LogP contribution in [0.2, 0.25) is 0 Å². The summed E-state index contributed by atoms with van der Waals surface area (Å²) >= 11 is 0. The summed E-state index contributed by atoms with van der Waals surface area (Å²) in [4.78, 5) is 0. The number of phenolic OH excluding ortho intramolecular Hbond substituents is 1. The maximum absolute atomic E-state index is 10.1. The number of hydrogen-bond acceptors (Lipinski definition) is 4. The quantitative estimate of drug-likeness (QED) is 0.844. The summed E-state index contributed by atoms with van der Waals surface area (Å²) in [5, 5.41) is 13.5. The van der Waals surface area contributed by atoms with Crippen molar-refractivity contribution in [3.63, 3.8) is 0 Å². The lowest BCUT2D eigenvalue weighted by Gasteiger charge is -2.26. The SMILES string of the molecule is COc1cc(O)c(C2(C)CCCN2)cc1OC. The highest BCUT2D eigenvalue weighted by Crippen LogP contribution is 2.41. The van der Waals surface area contributed by atoms with Gasteiger partial charge >= 0.3 is 0 Å². The largest absolute Gasteiger partial charge is 0.507 e. The smallest absolute Gasteiger partial charge is 0.164 e. The molecule has 1 aromatic carbocycles. The Balaban J connectivity index is 2.47. The Hall–Kier alpha value is -1.42. The molecule has 0 aromatic heterocycles. The lowest BCUT2D eigenvalue weighted by Crippen LogP contribution is -2.33. The number of ether oxygens (including phenoxy) is 2. The molecule has 1 saturated heterocycles. The predicted octanol–water partition coefficient (Wildman–Crippen LogP) is 2.01. The highest BCUT2D eigenvalue weighted by molar-refractivity contribution is 5.52. The molecule has 1 unspecified atom stereocenters. The van der Waals surface area contributed by atoms with Crippen LogP contribution in [0.15, 0.2) is 12.1 Å². The van der Waals surface area contributed by atoms with Gasteiger partial charge in [0.05, 0.1) is 14.2 Å². The summed E-state index contributed by atoms with van der Waals surface area (Å²) in [6.07, 6.45) is 2.13. The highest BCUT2D eigenvalue weighted by atomic mass is 16.5. The van der Waals surface area contributed by atoms with Gasteiger partial charge in [-0.2, -0.15) is 0 Å². The third-order valence-corrected chi connectivity index (χ3v) is 3.47. The number of benzene rings is 1. The van der Waals surface area contributed by atoms with Gasteiger partial charge < -0.3 is 19.9 Å². The van der Waals surface area contributed by atoms with Crippen molar-refractivity contribution in [1.29, 1.82) is 0 Å². The van der Waals surface area contributed by atoms with Gasteiger partial charge in [-0.25, -0.2) is 0 Å². The standard InChI is InChI=1S/C13H19NO3/c1-13(5-4-6-14-13)9-7-11(16-2)12(17-3)8-10(9)15/h7-8,14-15H,4-6H2,1-3H3. The van der Waals surface area contributed by atoms with Crippen LogP contribution >= 0.6 is 0 Å². The molecule has 0 amide bonds. The molecule has 1 aliphatic rings. The van der Waals surface area contributed by atoms with Crippen LogP contribution in [-0.4, -0.2) is 25.9 Å². The van der Waals surface area contributed by atoms with E-state index in [0.717, 1.165) is 24.9 Å². The first-order valence-corrected chi connectivity index (χ1v) is 5.81. The number of methoxy groups -OCH3 is 2. The van der Waals surface area contributed by atoms with Crippen molar-refractivity contribution in [2.24, 2.45) is 0 Å². The Morgan fingerprint density at radius 3 is 2.41 bits per heavy atom. The third kappa shape index (κ3) is 2.05. The zero-order chi connectivity index (χ0) is 12.5. The normalized spacial score (nSPS) is 23.7. The van der Waals surface area contributed by atoms with E-state index in [0.29, 0.717) is 11.5 Å². The molecule has 0 bridgehead atoms. The molecule has 1 aromatic rings. The molecule has 94 valence electrons. The van der Waals surface area contributed by atoms with E-state index in [-0.39, 0.29) is 11.3 Å². The number of nitrogens with one attached hydrogen (secondary N) is 1. The van der Waals surface area contributed by atoms with E-state index in [2.05, 4.69) is 12.2 Å². The maximum Gasteiger partial charge on any atom is 0.164 e. The molecule has 1 fully saturated rings. The first-order chi connectivity index (χ1) is 8.10. The maximum atomic E-state index is 10.1. The molecule has 0 saturated carbocycles. The van der Waals surface area contributed by atoms with E-state index in [9.17, 15) is 5.11 Å². The molecular formula is C13H19NO3. The molecule has 0 aliphatic carbocycles. The van der Waals surface area contributed by atoms with Crippen LogP contribution < -0.4 is 14.8 Å². The van der Waals surface area contributed by atoms with E-state index in [1.165, 1.54) is 0 Å². The van der Waals surface area contributed by atoms with Gasteiger partial charge in [0.25, 0.3) is 0 Å². The summed E-state index contributed by atoms with van der Waals surface area (Å²) in [6.45, 7) is 3.07. The average molecular weight is 237 g/mol. The first kappa shape index (κ1) is 12.0. The van der Waals surface area contributed by atoms with Crippen molar-refractivity contribution in [1.82, 2.24) is 5.32 Å². The lowest BCUT2D eigenvalue weighted by molar-refractivity contribution is 0.342. The Morgan fingerprint density at radius 2 is 1.88 bits per heavy atom. The van der Waals surface area contributed by atoms with Gasteiger partial charge in [-0.3, -0.25) is 0 Å². The fourth-order valence-electron chi connectivity index (χ4n) is 2.43. The monoisotopic (exact) mass is 237 g/mol. The Morgan fingerprint density at radius 1 is 1.24 bits per heavy atom. The van der Waals surface area contributed by atoms with Crippen LogP contribution in [0, 0.1) is 0 Å². The number of phenols is 1. The minimum Gasteiger partial charge on any atom is -0.507 e. The molecule has 2 N–H and O–H groups in total. The van der Waals surface area contributed by atoms with Gasteiger partial charge in [-0.1, -0.05) is 0 Å². The second-order valence-corrected chi connectivity index (χ2v) is 4.59. The van der Waals surface area contributed by atoms with Crippen LogP contribution in [0.1, 0.15) is 25.3 Å². The molecule has 1 aliphatic heterocycles. The summed E-state index contributed by atoms with van der Waals surface area (Å²) in [6, 6.07) is 3.46. The van der Waals surface area contributed by atoms with Crippen LogP contribution in [0.4, 0.5) is 0 Å². The van der Waals surface area contributed by atoms with Crippen molar-refractivity contribution >= 4 is 0 Å². The van der Waals surface area contributed by atoms with E-state index in [1.807, 2.05) is 6.07 Å². The minimum absolute atomic E-state index is 0.177. The van der Waals surface area contributed by atoms with Crippen molar-refractivity contribution in [2.45, 2.75) is 25.3 Å². The summed E-state index contributed by atoms with van der Waals surface area (Å²) < 4.78 is 10.4. The van der Waals surface area contributed by atoms with E-state index < -0.39 is 0 Å². The second-order valence-electron chi connectivity index (χ2n) is 4.59. The summed E-state index contributed by atoms with van der Waals surface area (Å²) in [5.41, 5.74) is 0.691. The zero-order valence-corrected chi connectivity index (χ0v) is 10.5. The molecule has 0 spiro atoms. The number of aromatic hydroxyl groups is 1. The topological polar surface area (TPSA) is 50.7 Å². The van der Waals surface area contributed by atoms with Crippen LogP contribution in [-0.2, 0) is 5.54 Å². The van der Waals surface area contributed by atoms with Gasteiger partial charge in [-0.05, 0) is 32.4 Å². The molecular weight excluding hydrogens is 218 g/mol. The second kappa shape index (κ2) is 4.45. The van der Waals surface area contributed by atoms with Crippen molar-refractivity contribution in [3.05, 3.63) is 17.7 Å². The lowest BCUT2D eigenvalue weighted by atomic mass is 9.89. The molecule has 0 radical (unpaired) electrons. The van der Waals surface area contributed by atoms with Gasteiger partial charge in [0, 0.05) is 17.2 Å². The highest BCUT2D eigenvalue weighted by Gasteiger charge is 2.33. The van der Waals surface area contributed by atoms with Crippen LogP contribution in [0.25, 0.3) is 0 Å². The van der Waals surface area contributed by atoms with E-state index in [1.54, 1.807) is 20.3 Å². The fraction of sp³-hybridized carbons (Fsp3) is 0.538. The first-order valence-electron chi connectivity index (χ1n) is 5.81. The molecule has 17 heavy (non-hydrogen) atoms.